The third kappa shape index (κ3) is 8.27. The zero-order chi connectivity index (χ0) is 28.4. The summed E-state index contributed by atoms with van der Waals surface area (Å²) in [4.78, 5) is 23.8. The highest BCUT2D eigenvalue weighted by molar-refractivity contribution is 7.91. The standard InChI is InChI=1S/C28H30ClNO8S/c1-3-37-27(32)18-38-26-12-11-23(16-24(26)28(33)36-2)39(34,35)22-9-7-19(8-10-22)13-14-30-17-25(31)20-5-4-6-21(29)15-20/h4-12,15-16,25,30-31H,3,13-14,17-18H2,1-2H3/t25-/m1/s1. The Bertz CT molecular complexity index is 1390. The fourth-order valence-corrected chi connectivity index (χ4v) is 5.17. The number of esters is 2. The van der Waals surface area contributed by atoms with Crippen molar-refractivity contribution in [3.8, 4) is 5.75 Å². The van der Waals surface area contributed by atoms with Crippen molar-refractivity contribution in [2.45, 2.75) is 29.2 Å². The highest BCUT2D eigenvalue weighted by atomic mass is 35.5. The molecule has 0 aromatic heterocycles. The minimum atomic E-state index is -3.96. The predicted molar refractivity (Wildman–Crippen MR) is 145 cm³/mol. The van der Waals surface area contributed by atoms with E-state index in [1.807, 2.05) is 0 Å². The van der Waals surface area contributed by atoms with Gasteiger partial charge in [-0.05, 0) is 73.5 Å². The zero-order valence-corrected chi connectivity index (χ0v) is 23.1. The van der Waals surface area contributed by atoms with Crippen LogP contribution in [0.1, 0.15) is 34.5 Å². The van der Waals surface area contributed by atoms with Crippen molar-refractivity contribution in [2.24, 2.45) is 0 Å². The molecule has 0 saturated heterocycles. The number of hydrogen-bond acceptors (Lipinski definition) is 9. The SMILES string of the molecule is CCOC(=O)COc1ccc(S(=O)(=O)c2ccc(CCNC[C@@H](O)c3cccc(Cl)c3)cc2)cc1C(=O)OC. The van der Waals surface area contributed by atoms with Gasteiger partial charge in [-0.25, -0.2) is 18.0 Å². The Balaban J connectivity index is 1.65. The van der Waals surface area contributed by atoms with Gasteiger partial charge in [-0.1, -0.05) is 35.9 Å². The van der Waals surface area contributed by atoms with Gasteiger partial charge in [-0.2, -0.15) is 0 Å². The lowest BCUT2D eigenvalue weighted by molar-refractivity contribution is -0.145. The summed E-state index contributed by atoms with van der Waals surface area (Å²) in [5.41, 5.74) is 1.49. The van der Waals surface area contributed by atoms with E-state index in [4.69, 9.17) is 25.8 Å². The highest BCUT2D eigenvalue weighted by Gasteiger charge is 2.23. The average Bonchev–Trinajstić information content (AvgIpc) is 2.94. The Morgan fingerprint density at radius 3 is 2.41 bits per heavy atom. The normalized spacial score (nSPS) is 12.0. The van der Waals surface area contributed by atoms with Gasteiger partial charge in [0, 0.05) is 11.6 Å². The number of rotatable bonds is 13. The molecule has 0 heterocycles. The first kappa shape index (κ1) is 30.1. The van der Waals surface area contributed by atoms with Crippen LogP contribution < -0.4 is 10.1 Å². The molecule has 3 aromatic carbocycles. The molecule has 39 heavy (non-hydrogen) atoms. The smallest absolute Gasteiger partial charge is 0.344 e. The molecule has 208 valence electrons. The van der Waals surface area contributed by atoms with Crippen LogP contribution in [0.4, 0.5) is 0 Å². The fourth-order valence-electron chi connectivity index (χ4n) is 3.69. The number of ether oxygens (including phenoxy) is 3. The van der Waals surface area contributed by atoms with Crippen molar-refractivity contribution in [3.05, 3.63) is 88.4 Å². The second-order valence-electron chi connectivity index (χ2n) is 8.42. The van der Waals surface area contributed by atoms with Gasteiger partial charge >= 0.3 is 11.9 Å². The third-order valence-electron chi connectivity index (χ3n) is 5.71. The van der Waals surface area contributed by atoms with Crippen LogP contribution in [0, 0.1) is 0 Å². The van der Waals surface area contributed by atoms with Crippen LogP contribution in [0.5, 0.6) is 5.75 Å². The molecule has 3 rings (SSSR count). The number of nitrogens with one attached hydrogen (secondary N) is 1. The van der Waals surface area contributed by atoms with Crippen molar-refractivity contribution < 1.29 is 37.3 Å². The number of hydrogen-bond donors (Lipinski definition) is 2. The van der Waals surface area contributed by atoms with E-state index in [1.165, 1.54) is 24.3 Å². The topological polar surface area (TPSA) is 128 Å². The molecule has 0 aliphatic carbocycles. The maximum absolute atomic E-state index is 13.2. The van der Waals surface area contributed by atoms with E-state index in [0.717, 1.165) is 24.3 Å². The van der Waals surface area contributed by atoms with Gasteiger partial charge in [0.25, 0.3) is 0 Å². The van der Waals surface area contributed by atoms with Crippen molar-refractivity contribution in [3.63, 3.8) is 0 Å². The number of halogens is 1. The first-order valence-electron chi connectivity index (χ1n) is 12.1. The van der Waals surface area contributed by atoms with E-state index in [9.17, 15) is 23.1 Å². The fraction of sp³-hybridized carbons (Fsp3) is 0.286. The van der Waals surface area contributed by atoms with E-state index in [1.54, 1.807) is 43.3 Å². The van der Waals surface area contributed by atoms with Crippen LogP contribution >= 0.6 is 11.6 Å². The Kier molecular flexibility index (Phi) is 10.9. The molecule has 9 nitrogen and oxygen atoms in total. The van der Waals surface area contributed by atoms with Crippen molar-refractivity contribution in [1.82, 2.24) is 5.32 Å². The number of benzene rings is 3. The molecule has 0 fully saturated rings. The van der Waals surface area contributed by atoms with Gasteiger partial charge in [0.2, 0.25) is 9.84 Å². The van der Waals surface area contributed by atoms with E-state index in [2.05, 4.69) is 5.32 Å². The molecule has 0 unspecified atom stereocenters. The van der Waals surface area contributed by atoms with Crippen LogP contribution in [-0.4, -0.2) is 58.9 Å². The number of aliphatic hydroxyl groups excluding tert-OH is 1. The van der Waals surface area contributed by atoms with Crippen molar-refractivity contribution >= 4 is 33.4 Å². The maximum Gasteiger partial charge on any atom is 0.344 e. The largest absolute Gasteiger partial charge is 0.481 e. The van der Waals surface area contributed by atoms with Gasteiger partial charge in [-0.3, -0.25) is 0 Å². The maximum atomic E-state index is 13.2. The zero-order valence-electron chi connectivity index (χ0n) is 21.6. The number of aliphatic hydroxyl groups is 1. The van der Waals surface area contributed by atoms with Crippen LogP contribution in [0.15, 0.2) is 76.5 Å². The molecule has 0 bridgehead atoms. The number of sulfone groups is 1. The summed E-state index contributed by atoms with van der Waals surface area (Å²) >= 11 is 5.97. The lowest BCUT2D eigenvalue weighted by Gasteiger charge is -2.13. The second kappa shape index (κ2) is 14.1. The van der Waals surface area contributed by atoms with Gasteiger partial charge in [0.15, 0.2) is 6.61 Å². The van der Waals surface area contributed by atoms with E-state index in [-0.39, 0.29) is 27.7 Å². The Morgan fingerprint density at radius 1 is 1.03 bits per heavy atom. The summed E-state index contributed by atoms with van der Waals surface area (Å²) in [6.07, 6.45) is -0.0882. The highest BCUT2D eigenvalue weighted by Crippen LogP contribution is 2.28. The van der Waals surface area contributed by atoms with E-state index in [0.29, 0.717) is 24.5 Å². The first-order valence-corrected chi connectivity index (χ1v) is 14.0. The molecule has 0 radical (unpaired) electrons. The summed E-state index contributed by atoms with van der Waals surface area (Å²) in [7, 11) is -2.80. The Morgan fingerprint density at radius 2 is 1.74 bits per heavy atom. The van der Waals surface area contributed by atoms with Crippen LogP contribution in [0.2, 0.25) is 5.02 Å². The van der Waals surface area contributed by atoms with Crippen LogP contribution in [0.3, 0.4) is 0 Å². The summed E-state index contributed by atoms with van der Waals surface area (Å²) in [5.74, 6) is -1.44. The molecule has 0 spiro atoms. The number of carbonyl (C=O) groups excluding carboxylic acids is 2. The average molecular weight is 576 g/mol. The molecule has 0 aliphatic rings. The molecular weight excluding hydrogens is 546 g/mol. The molecule has 0 amide bonds. The molecule has 2 N–H and O–H groups in total. The third-order valence-corrected chi connectivity index (χ3v) is 7.72. The minimum Gasteiger partial charge on any atom is -0.481 e. The van der Waals surface area contributed by atoms with Gasteiger partial charge in [0.05, 0.1) is 29.6 Å². The minimum absolute atomic E-state index is 0.00261. The van der Waals surface area contributed by atoms with Crippen LogP contribution in [0.25, 0.3) is 0 Å². The number of methoxy groups -OCH3 is 1. The molecule has 1 atom stereocenters. The quantitative estimate of drug-likeness (QED) is 0.231. The Hall–Kier alpha value is -3.44. The lowest BCUT2D eigenvalue weighted by atomic mass is 10.1. The van der Waals surface area contributed by atoms with Crippen LogP contribution in [-0.2, 0) is 30.5 Å². The Labute approximate surface area is 232 Å². The lowest BCUT2D eigenvalue weighted by Crippen LogP contribution is -2.23. The van der Waals surface area contributed by atoms with E-state index < -0.39 is 34.5 Å². The summed E-state index contributed by atoms with van der Waals surface area (Å²) < 4.78 is 41.4. The molecule has 3 aromatic rings. The molecule has 11 heteroatoms. The van der Waals surface area contributed by atoms with Gasteiger partial charge < -0.3 is 24.6 Å². The summed E-state index contributed by atoms with van der Waals surface area (Å²) in [5, 5.41) is 14.0. The monoisotopic (exact) mass is 575 g/mol. The molecular formula is C28H30ClNO8S. The van der Waals surface area contributed by atoms with Gasteiger partial charge in [-0.15, -0.1) is 0 Å². The molecule has 0 saturated carbocycles. The van der Waals surface area contributed by atoms with Crippen molar-refractivity contribution in [2.75, 3.05) is 33.4 Å². The predicted octanol–water partition coefficient (Wildman–Crippen LogP) is 3.77. The molecule has 0 aliphatic heterocycles. The number of carbonyl (C=O) groups is 2. The van der Waals surface area contributed by atoms with Gasteiger partial charge in [0.1, 0.15) is 11.3 Å². The second-order valence-corrected chi connectivity index (χ2v) is 10.8. The van der Waals surface area contributed by atoms with Crippen molar-refractivity contribution in [1.29, 1.82) is 0 Å². The first-order chi connectivity index (χ1) is 18.6. The summed E-state index contributed by atoms with van der Waals surface area (Å²) in [6, 6.07) is 17.2. The summed E-state index contributed by atoms with van der Waals surface area (Å²) in [6.45, 7) is 2.29. The van der Waals surface area contributed by atoms with E-state index >= 15 is 0 Å².